The molecule has 0 amide bonds. The van der Waals surface area contributed by atoms with Crippen molar-refractivity contribution in [2.24, 2.45) is 17.1 Å². The molecule has 1 aliphatic carbocycles. The maximum atomic E-state index is 6.76. The van der Waals surface area contributed by atoms with Crippen LogP contribution in [-0.2, 0) is 11.3 Å². The summed E-state index contributed by atoms with van der Waals surface area (Å²) in [7, 11) is 0. The average molecular weight is 274 g/mol. The molecule has 3 heteroatoms. The van der Waals surface area contributed by atoms with Crippen LogP contribution in [0, 0.1) is 11.3 Å². The van der Waals surface area contributed by atoms with E-state index in [9.17, 15) is 0 Å². The first-order chi connectivity index (χ1) is 9.56. The largest absolute Gasteiger partial charge is 0.377 e. The summed E-state index contributed by atoms with van der Waals surface area (Å²) >= 11 is 0. The molecule has 0 radical (unpaired) electrons. The number of nitrogens with two attached hydrogens (primary N) is 1. The van der Waals surface area contributed by atoms with E-state index >= 15 is 0 Å². The molecule has 1 saturated heterocycles. The molecule has 1 saturated carbocycles. The van der Waals surface area contributed by atoms with Crippen molar-refractivity contribution in [1.29, 1.82) is 0 Å². The number of hydrogen-bond donors (Lipinski definition) is 2. The summed E-state index contributed by atoms with van der Waals surface area (Å²) in [6.45, 7) is 7.15. The molecule has 1 heterocycles. The highest BCUT2D eigenvalue weighted by Gasteiger charge is 2.65. The van der Waals surface area contributed by atoms with Gasteiger partial charge in [-0.3, -0.25) is 0 Å². The zero-order valence-electron chi connectivity index (χ0n) is 12.6. The molecule has 1 aromatic carbocycles. The van der Waals surface area contributed by atoms with Crippen LogP contribution < -0.4 is 11.1 Å². The number of benzene rings is 1. The summed E-state index contributed by atoms with van der Waals surface area (Å²) in [6, 6.07) is 10.5. The first-order valence-corrected chi connectivity index (χ1v) is 7.71. The van der Waals surface area contributed by atoms with E-state index in [-0.39, 0.29) is 11.0 Å². The van der Waals surface area contributed by atoms with E-state index in [1.54, 1.807) is 0 Å². The van der Waals surface area contributed by atoms with Gasteiger partial charge in [-0.25, -0.2) is 0 Å². The van der Waals surface area contributed by atoms with E-state index in [1.807, 2.05) is 6.07 Å². The molecule has 3 nitrogen and oxygen atoms in total. The molecule has 0 spiro atoms. The van der Waals surface area contributed by atoms with Gasteiger partial charge in [0, 0.05) is 36.6 Å². The number of nitrogens with one attached hydrogen (secondary N) is 1. The fourth-order valence-electron chi connectivity index (χ4n) is 4.03. The van der Waals surface area contributed by atoms with Crippen molar-refractivity contribution in [3.63, 3.8) is 0 Å². The molecule has 3 unspecified atom stereocenters. The molecule has 2 aliphatic rings. The summed E-state index contributed by atoms with van der Waals surface area (Å²) in [5, 5.41) is 3.55. The van der Waals surface area contributed by atoms with E-state index in [0.717, 1.165) is 26.1 Å². The lowest BCUT2D eigenvalue weighted by molar-refractivity contribution is -0.225. The second-order valence-electron chi connectivity index (χ2n) is 6.89. The average Bonchev–Trinajstić information content (AvgIpc) is 2.48. The third kappa shape index (κ3) is 2.09. The molecule has 110 valence electrons. The summed E-state index contributed by atoms with van der Waals surface area (Å²) in [5.74, 6) is 0.509. The summed E-state index contributed by atoms with van der Waals surface area (Å²) in [4.78, 5) is 0. The lowest BCUT2D eigenvalue weighted by Crippen LogP contribution is -2.80. The van der Waals surface area contributed by atoms with Crippen LogP contribution in [-0.4, -0.2) is 24.8 Å². The van der Waals surface area contributed by atoms with Crippen LogP contribution in [0.5, 0.6) is 0 Å². The van der Waals surface area contributed by atoms with Crippen LogP contribution in [0.4, 0.5) is 0 Å². The zero-order chi connectivity index (χ0) is 14.2. The third-order valence-corrected chi connectivity index (χ3v) is 5.48. The molecule has 3 atom stereocenters. The minimum Gasteiger partial charge on any atom is -0.377 e. The Hall–Kier alpha value is -0.900. The van der Waals surface area contributed by atoms with Gasteiger partial charge < -0.3 is 15.8 Å². The Bertz CT molecular complexity index is 459. The van der Waals surface area contributed by atoms with Crippen molar-refractivity contribution >= 4 is 0 Å². The predicted molar refractivity (Wildman–Crippen MR) is 81.3 cm³/mol. The molecule has 20 heavy (non-hydrogen) atoms. The summed E-state index contributed by atoms with van der Waals surface area (Å²) in [6.07, 6.45) is 2.70. The SMILES string of the molecule is CC1(C)C2OCCCC2C1(N)CNCc1ccccc1. The second kappa shape index (κ2) is 5.14. The minimum absolute atomic E-state index is 0.0573. The van der Waals surface area contributed by atoms with Crippen molar-refractivity contribution in [3.8, 4) is 0 Å². The van der Waals surface area contributed by atoms with Gasteiger partial charge in [-0.2, -0.15) is 0 Å². The van der Waals surface area contributed by atoms with Gasteiger partial charge in [-0.05, 0) is 18.4 Å². The number of fused-ring (bicyclic) bond motifs is 1. The van der Waals surface area contributed by atoms with Gasteiger partial charge in [0.15, 0.2) is 0 Å². The number of ether oxygens (including phenoxy) is 1. The van der Waals surface area contributed by atoms with Crippen molar-refractivity contribution in [2.45, 2.75) is 44.9 Å². The van der Waals surface area contributed by atoms with Crippen molar-refractivity contribution in [3.05, 3.63) is 35.9 Å². The molecular formula is C17H26N2O. The van der Waals surface area contributed by atoms with Gasteiger partial charge in [0.25, 0.3) is 0 Å². The lowest BCUT2D eigenvalue weighted by atomic mass is 9.46. The van der Waals surface area contributed by atoms with Crippen LogP contribution >= 0.6 is 0 Å². The Morgan fingerprint density at radius 3 is 2.80 bits per heavy atom. The Morgan fingerprint density at radius 1 is 1.30 bits per heavy atom. The Labute approximate surface area is 121 Å². The van der Waals surface area contributed by atoms with Gasteiger partial charge in [-0.1, -0.05) is 44.2 Å². The van der Waals surface area contributed by atoms with Crippen LogP contribution in [0.1, 0.15) is 32.3 Å². The van der Waals surface area contributed by atoms with Crippen LogP contribution in [0.2, 0.25) is 0 Å². The molecule has 3 rings (SSSR count). The summed E-state index contributed by atoms with van der Waals surface area (Å²) < 4.78 is 5.94. The van der Waals surface area contributed by atoms with Gasteiger partial charge in [0.2, 0.25) is 0 Å². The van der Waals surface area contributed by atoms with Gasteiger partial charge in [0.05, 0.1) is 6.10 Å². The number of hydrogen-bond acceptors (Lipinski definition) is 3. The van der Waals surface area contributed by atoms with Gasteiger partial charge in [-0.15, -0.1) is 0 Å². The first kappa shape index (κ1) is 14.1. The normalized spacial score (nSPS) is 35.1. The Kier molecular flexibility index (Phi) is 3.61. The molecule has 1 aliphatic heterocycles. The third-order valence-electron chi connectivity index (χ3n) is 5.48. The fourth-order valence-corrected chi connectivity index (χ4v) is 4.03. The quantitative estimate of drug-likeness (QED) is 0.885. The first-order valence-electron chi connectivity index (χ1n) is 7.71. The zero-order valence-corrected chi connectivity index (χ0v) is 12.6. The van der Waals surface area contributed by atoms with Crippen molar-refractivity contribution in [2.75, 3.05) is 13.2 Å². The highest BCUT2D eigenvalue weighted by Crippen LogP contribution is 2.56. The second-order valence-corrected chi connectivity index (χ2v) is 6.89. The van der Waals surface area contributed by atoms with Crippen molar-refractivity contribution < 1.29 is 4.74 Å². The smallest absolute Gasteiger partial charge is 0.0690 e. The fraction of sp³-hybridized carbons (Fsp3) is 0.647. The standard InChI is InChI=1S/C17H26N2O/c1-16(2)15-14(9-6-10-20-15)17(16,18)12-19-11-13-7-4-3-5-8-13/h3-5,7-8,14-15,19H,6,9-12,18H2,1-2H3. The van der Waals surface area contributed by atoms with Crippen LogP contribution in [0.3, 0.4) is 0 Å². The Morgan fingerprint density at radius 2 is 2.05 bits per heavy atom. The van der Waals surface area contributed by atoms with Gasteiger partial charge >= 0.3 is 0 Å². The van der Waals surface area contributed by atoms with Gasteiger partial charge in [0.1, 0.15) is 0 Å². The number of rotatable bonds is 4. The van der Waals surface area contributed by atoms with E-state index < -0.39 is 0 Å². The maximum absolute atomic E-state index is 6.76. The van der Waals surface area contributed by atoms with E-state index in [4.69, 9.17) is 10.5 Å². The molecule has 1 aromatic rings. The highest BCUT2D eigenvalue weighted by molar-refractivity contribution is 5.21. The van der Waals surface area contributed by atoms with Crippen molar-refractivity contribution in [1.82, 2.24) is 5.32 Å². The highest BCUT2D eigenvalue weighted by atomic mass is 16.5. The van der Waals surface area contributed by atoms with Crippen LogP contribution in [0.15, 0.2) is 30.3 Å². The van der Waals surface area contributed by atoms with Crippen LogP contribution in [0.25, 0.3) is 0 Å². The molecule has 0 bridgehead atoms. The maximum Gasteiger partial charge on any atom is 0.0690 e. The minimum atomic E-state index is -0.146. The monoisotopic (exact) mass is 274 g/mol. The Balaban J connectivity index is 1.61. The van der Waals surface area contributed by atoms with E-state index in [0.29, 0.717) is 12.0 Å². The molecule has 2 fully saturated rings. The molecule has 0 aromatic heterocycles. The van der Waals surface area contributed by atoms with E-state index in [2.05, 4.69) is 43.4 Å². The lowest BCUT2D eigenvalue weighted by Gasteiger charge is -2.66. The predicted octanol–water partition coefficient (Wildman–Crippen LogP) is 2.31. The molecule has 3 N–H and O–H groups in total. The van der Waals surface area contributed by atoms with E-state index in [1.165, 1.54) is 12.0 Å². The summed E-state index contributed by atoms with van der Waals surface area (Å²) in [5.41, 5.74) is 7.98. The topological polar surface area (TPSA) is 47.3 Å². The molecular weight excluding hydrogens is 248 g/mol.